The Bertz CT molecular complexity index is 805. The lowest BCUT2D eigenvalue weighted by Gasteiger charge is -2.14. The number of carbonyl (C=O) groups excluding carboxylic acids is 1. The van der Waals surface area contributed by atoms with E-state index in [1.807, 2.05) is 0 Å². The Morgan fingerprint density at radius 1 is 1.38 bits per heavy atom. The molecule has 1 aromatic carbocycles. The Morgan fingerprint density at radius 3 is 2.71 bits per heavy atom. The first-order chi connectivity index (χ1) is 11.3. The van der Waals surface area contributed by atoms with E-state index in [0.717, 1.165) is 0 Å². The number of hydrogen-bond donors (Lipinski definition) is 2. The van der Waals surface area contributed by atoms with Gasteiger partial charge in [0.05, 0.1) is 35.9 Å². The Kier molecular flexibility index (Phi) is 5.87. The number of sulfonamides is 1. The maximum absolute atomic E-state index is 12.3. The quantitative estimate of drug-likeness (QED) is 0.773. The van der Waals surface area contributed by atoms with Crippen molar-refractivity contribution in [3.05, 3.63) is 47.4 Å². The van der Waals surface area contributed by atoms with Gasteiger partial charge in [-0.2, -0.15) is 4.72 Å². The molecule has 0 saturated heterocycles. The summed E-state index contributed by atoms with van der Waals surface area (Å²) in [5.41, 5.74) is 0. The molecule has 9 heteroatoms. The molecule has 0 aliphatic carbocycles. The standard InChI is InChI=1S/C15H17ClN2O5S/c1-10(15(19)17-9-11-4-3-7-23-11)18-24(20,21)12-5-6-14(22-2)13(16)8-12/h3-8,10,18H,9H2,1-2H3,(H,17,19). The van der Waals surface area contributed by atoms with Gasteiger partial charge in [0, 0.05) is 0 Å². The largest absolute Gasteiger partial charge is 0.495 e. The minimum atomic E-state index is -3.90. The summed E-state index contributed by atoms with van der Waals surface area (Å²) < 4.78 is 37.0. The average Bonchev–Trinajstić information content (AvgIpc) is 3.05. The van der Waals surface area contributed by atoms with Crippen LogP contribution in [-0.4, -0.2) is 27.5 Å². The van der Waals surface area contributed by atoms with Gasteiger partial charge in [-0.25, -0.2) is 8.42 Å². The van der Waals surface area contributed by atoms with E-state index in [1.165, 1.54) is 38.5 Å². The van der Waals surface area contributed by atoms with Gasteiger partial charge in [-0.15, -0.1) is 0 Å². The van der Waals surface area contributed by atoms with Crippen molar-refractivity contribution >= 4 is 27.5 Å². The highest BCUT2D eigenvalue weighted by molar-refractivity contribution is 7.89. The van der Waals surface area contributed by atoms with Gasteiger partial charge in [0.2, 0.25) is 15.9 Å². The van der Waals surface area contributed by atoms with Crippen molar-refractivity contribution in [2.45, 2.75) is 24.4 Å². The predicted molar refractivity (Wildman–Crippen MR) is 88.3 cm³/mol. The highest BCUT2D eigenvalue weighted by Crippen LogP contribution is 2.26. The van der Waals surface area contributed by atoms with Crippen LogP contribution in [0.2, 0.25) is 5.02 Å². The topological polar surface area (TPSA) is 97.6 Å². The number of methoxy groups -OCH3 is 1. The molecule has 1 amide bonds. The first kappa shape index (κ1) is 18.3. The van der Waals surface area contributed by atoms with E-state index in [2.05, 4.69) is 10.0 Å². The first-order valence-corrected chi connectivity index (χ1v) is 8.85. The molecular formula is C15H17ClN2O5S. The molecule has 0 spiro atoms. The summed E-state index contributed by atoms with van der Waals surface area (Å²) in [6, 6.07) is 6.48. The van der Waals surface area contributed by atoms with Crippen LogP contribution >= 0.6 is 11.6 Å². The Hall–Kier alpha value is -2.03. The highest BCUT2D eigenvalue weighted by Gasteiger charge is 2.22. The minimum Gasteiger partial charge on any atom is -0.495 e. The fourth-order valence-electron chi connectivity index (χ4n) is 1.91. The number of nitrogens with one attached hydrogen (secondary N) is 2. The Morgan fingerprint density at radius 2 is 2.12 bits per heavy atom. The van der Waals surface area contributed by atoms with Crippen molar-refractivity contribution < 1.29 is 22.4 Å². The van der Waals surface area contributed by atoms with Crippen LogP contribution in [0.5, 0.6) is 5.75 Å². The molecule has 0 radical (unpaired) electrons. The SMILES string of the molecule is COc1ccc(S(=O)(=O)NC(C)C(=O)NCc2ccco2)cc1Cl. The molecule has 2 N–H and O–H groups in total. The molecule has 1 unspecified atom stereocenters. The lowest BCUT2D eigenvalue weighted by Crippen LogP contribution is -2.44. The number of benzene rings is 1. The molecule has 2 rings (SSSR count). The maximum atomic E-state index is 12.3. The summed E-state index contributed by atoms with van der Waals surface area (Å²) in [4.78, 5) is 11.9. The summed E-state index contributed by atoms with van der Waals surface area (Å²) in [6.07, 6.45) is 1.49. The fraction of sp³-hybridized carbons (Fsp3) is 0.267. The zero-order valence-corrected chi connectivity index (χ0v) is 14.6. The predicted octanol–water partition coefficient (Wildman–Crippen LogP) is 1.92. The van der Waals surface area contributed by atoms with Gasteiger partial charge in [0.25, 0.3) is 0 Å². The van der Waals surface area contributed by atoms with E-state index >= 15 is 0 Å². The average molecular weight is 373 g/mol. The van der Waals surface area contributed by atoms with Crippen molar-refractivity contribution in [1.29, 1.82) is 0 Å². The van der Waals surface area contributed by atoms with Gasteiger partial charge in [-0.3, -0.25) is 4.79 Å². The molecule has 7 nitrogen and oxygen atoms in total. The molecule has 0 saturated carbocycles. The van der Waals surface area contributed by atoms with Crippen molar-refractivity contribution in [1.82, 2.24) is 10.0 Å². The Labute approximate surface area is 145 Å². The number of amides is 1. The third-order valence-corrected chi connectivity index (χ3v) is 5.01. The summed E-state index contributed by atoms with van der Waals surface area (Å²) >= 11 is 5.93. The van der Waals surface area contributed by atoms with E-state index < -0.39 is 22.0 Å². The van der Waals surface area contributed by atoms with E-state index in [4.69, 9.17) is 20.8 Å². The van der Waals surface area contributed by atoms with Crippen LogP contribution in [0.15, 0.2) is 45.9 Å². The van der Waals surface area contributed by atoms with E-state index in [9.17, 15) is 13.2 Å². The summed E-state index contributed by atoms with van der Waals surface area (Å²) in [5, 5.41) is 2.75. The molecular weight excluding hydrogens is 356 g/mol. The van der Waals surface area contributed by atoms with Crippen LogP contribution in [0.25, 0.3) is 0 Å². The maximum Gasteiger partial charge on any atom is 0.241 e. The van der Waals surface area contributed by atoms with Crippen LogP contribution in [-0.2, 0) is 21.4 Å². The molecule has 0 fully saturated rings. The van der Waals surface area contributed by atoms with E-state index in [0.29, 0.717) is 11.5 Å². The second-order valence-electron chi connectivity index (χ2n) is 4.94. The first-order valence-electron chi connectivity index (χ1n) is 6.99. The zero-order valence-electron chi connectivity index (χ0n) is 13.1. The van der Waals surface area contributed by atoms with Crippen molar-refractivity contribution in [3.8, 4) is 5.75 Å². The fourth-order valence-corrected chi connectivity index (χ4v) is 3.46. The smallest absolute Gasteiger partial charge is 0.241 e. The van der Waals surface area contributed by atoms with Crippen molar-refractivity contribution in [3.63, 3.8) is 0 Å². The normalized spacial score (nSPS) is 12.6. The summed E-state index contributed by atoms with van der Waals surface area (Å²) in [6.45, 7) is 1.62. The monoisotopic (exact) mass is 372 g/mol. The second-order valence-corrected chi connectivity index (χ2v) is 7.06. The zero-order chi connectivity index (χ0) is 17.7. The molecule has 0 bridgehead atoms. The number of furan rings is 1. The molecule has 1 atom stereocenters. The Balaban J connectivity index is 2.02. The molecule has 2 aromatic rings. The number of ether oxygens (including phenoxy) is 1. The molecule has 0 aliphatic rings. The van der Waals surface area contributed by atoms with Crippen LogP contribution in [0.1, 0.15) is 12.7 Å². The van der Waals surface area contributed by atoms with Gasteiger partial charge in [0.15, 0.2) is 0 Å². The van der Waals surface area contributed by atoms with E-state index in [1.54, 1.807) is 12.1 Å². The lowest BCUT2D eigenvalue weighted by molar-refractivity contribution is -0.122. The molecule has 1 heterocycles. The van der Waals surface area contributed by atoms with Gasteiger partial charge >= 0.3 is 0 Å². The lowest BCUT2D eigenvalue weighted by atomic mass is 10.3. The third-order valence-electron chi connectivity index (χ3n) is 3.18. The number of carbonyl (C=O) groups is 1. The van der Waals surface area contributed by atoms with Crippen LogP contribution in [0, 0.1) is 0 Å². The third kappa shape index (κ3) is 4.50. The summed E-state index contributed by atoms with van der Waals surface area (Å²) in [5.74, 6) is 0.454. The van der Waals surface area contributed by atoms with Gasteiger partial charge in [-0.05, 0) is 37.3 Å². The van der Waals surface area contributed by atoms with Gasteiger partial charge in [0.1, 0.15) is 11.5 Å². The van der Waals surface area contributed by atoms with Crippen LogP contribution in [0.3, 0.4) is 0 Å². The number of rotatable bonds is 7. The van der Waals surface area contributed by atoms with Crippen LogP contribution < -0.4 is 14.8 Å². The van der Waals surface area contributed by atoms with Crippen LogP contribution in [0.4, 0.5) is 0 Å². The molecule has 130 valence electrons. The highest BCUT2D eigenvalue weighted by atomic mass is 35.5. The van der Waals surface area contributed by atoms with E-state index in [-0.39, 0.29) is 16.5 Å². The van der Waals surface area contributed by atoms with Gasteiger partial charge < -0.3 is 14.5 Å². The minimum absolute atomic E-state index is 0.0565. The van der Waals surface area contributed by atoms with Crippen molar-refractivity contribution in [2.24, 2.45) is 0 Å². The molecule has 0 aliphatic heterocycles. The number of halogens is 1. The van der Waals surface area contributed by atoms with Crippen molar-refractivity contribution in [2.75, 3.05) is 7.11 Å². The summed E-state index contributed by atoms with van der Waals surface area (Å²) in [7, 11) is -2.47. The van der Waals surface area contributed by atoms with Gasteiger partial charge in [-0.1, -0.05) is 11.6 Å². The molecule has 1 aromatic heterocycles. The molecule has 24 heavy (non-hydrogen) atoms. The second kappa shape index (κ2) is 7.69. The number of hydrogen-bond acceptors (Lipinski definition) is 5.